The van der Waals surface area contributed by atoms with Crippen LogP contribution in [0.5, 0.6) is 0 Å². The standard InChI is InChI=1S/C20H15F6N5O2/c21-19(22,23)9-31(6-11-2-1-10(4-28-11)20(24,25)26)18(32)15-3-12-13-7-33-8-14(13)17(27)30-16(12)5-29-15/h1-5H,6-9H2,(H2,27,30). The Morgan fingerprint density at radius 2 is 1.79 bits per heavy atom. The van der Waals surface area contributed by atoms with Crippen LogP contribution in [-0.2, 0) is 30.7 Å². The number of amides is 1. The number of alkyl halides is 6. The SMILES string of the molecule is Nc1nc2cnc(C(=O)N(Cc3ccc(C(F)(F)F)cn3)CC(F)(F)F)cc2c2c1COC2. The van der Waals surface area contributed by atoms with Crippen molar-refractivity contribution in [3.05, 3.63) is 58.7 Å². The zero-order valence-electron chi connectivity index (χ0n) is 16.7. The van der Waals surface area contributed by atoms with Crippen molar-refractivity contribution in [2.24, 2.45) is 0 Å². The second kappa shape index (κ2) is 8.14. The Labute approximate surface area is 182 Å². The Morgan fingerprint density at radius 1 is 1.06 bits per heavy atom. The molecule has 0 fully saturated rings. The quantitative estimate of drug-likeness (QED) is 0.581. The number of nitrogens with zero attached hydrogens (tertiary/aromatic N) is 4. The van der Waals surface area contributed by atoms with Crippen LogP contribution in [0.3, 0.4) is 0 Å². The summed E-state index contributed by atoms with van der Waals surface area (Å²) in [5.74, 6) is -0.830. The summed E-state index contributed by atoms with van der Waals surface area (Å²) in [6.07, 6.45) is -7.69. The molecule has 0 atom stereocenters. The predicted molar refractivity (Wildman–Crippen MR) is 102 cm³/mol. The minimum Gasteiger partial charge on any atom is -0.383 e. The number of rotatable bonds is 4. The van der Waals surface area contributed by atoms with Crippen molar-refractivity contribution in [3.8, 4) is 0 Å². The van der Waals surface area contributed by atoms with E-state index in [1.807, 2.05) is 0 Å². The molecule has 0 radical (unpaired) electrons. The van der Waals surface area contributed by atoms with Crippen molar-refractivity contribution < 1.29 is 35.9 Å². The van der Waals surface area contributed by atoms with Crippen LogP contribution in [-0.4, -0.2) is 38.5 Å². The van der Waals surface area contributed by atoms with Crippen LogP contribution in [0, 0.1) is 0 Å². The van der Waals surface area contributed by atoms with Gasteiger partial charge < -0.3 is 15.4 Å². The first-order valence-electron chi connectivity index (χ1n) is 9.45. The zero-order chi connectivity index (χ0) is 24.0. The first kappa shape index (κ1) is 22.7. The van der Waals surface area contributed by atoms with E-state index in [1.165, 1.54) is 12.3 Å². The summed E-state index contributed by atoms with van der Waals surface area (Å²) >= 11 is 0. The van der Waals surface area contributed by atoms with Crippen LogP contribution in [0.15, 0.2) is 30.6 Å². The maximum atomic E-state index is 13.2. The van der Waals surface area contributed by atoms with E-state index in [1.54, 1.807) is 0 Å². The highest BCUT2D eigenvalue weighted by molar-refractivity contribution is 5.97. The summed E-state index contributed by atoms with van der Waals surface area (Å²) in [6, 6.07) is 2.91. The first-order valence-corrected chi connectivity index (χ1v) is 9.45. The Morgan fingerprint density at radius 3 is 2.42 bits per heavy atom. The highest BCUT2D eigenvalue weighted by atomic mass is 19.4. The topological polar surface area (TPSA) is 94.2 Å². The minimum atomic E-state index is -4.76. The van der Waals surface area contributed by atoms with Gasteiger partial charge in [-0.3, -0.25) is 9.78 Å². The Balaban J connectivity index is 1.67. The smallest absolute Gasteiger partial charge is 0.383 e. The predicted octanol–water partition coefficient (Wildman–Crippen LogP) is 3.86. The molecule has 0 bridgehead atoms. The summed E-state index contributed by atoms with van der Waals surface area (Å²) < 4.78 is 83.0. The molecule has 1 amide bonds. The average molecular weight is 471 g/mol. The van der Waals surface area contributed by atoms with Gasteiger partial charge in [-0.25, -0.2) is 9.97 Å². The number of nitrogen functional groups attached to an aromatic ring is 1. The third-order valence-corrected chi connectivity index (χ3v) is 5.00. The van der Waals surface area contributed by atoms with Gasteiger partial charge in [-0.2, -0.15) is 26.3 Å². The van der Waals surface area contributed by atoms with Gasteiger partial charge in [0.2, 0.25) is 0 Å². The molecule has 33 heavy (non-hydrogen) atoms. The summed E-state index contributed by atoms with van der Waals surface area (Å²) in [4.78, 5) is 25.0. The summed E-state index contributed by atoms with van der Waals surface area (Å²) in [6.45, 7) is -1.90. The summed E-state index contributed by atoms with van der Waals surface area (Å²) in [7, 11) is 0. The molecule has 0 spiro atoms. The van der Waals surface area contributed by atoms with Crippen molar-refractivity contribution in [3.63, 3.8) is 0 Å². The van der Waals surface area contributed by atoms with Gasteiger partial charge in [0.15, 0.2) is 0 Å². The van der Waals surface area contributed by atoms with Crippen molar-refractivity contribution >= 4 is 22.6 Å². The fraction of sp³-hybridized carbons (Fsp3) is 0.300. The normalized spacial score (nSPS) is 13.9. The first-order chi connectivity index (χ1) is 15.4. The number of carbonyl (C=O) groups excluding carboxylic acids is 1. The van der Waals surface area contributed by atoms with Crippen LogP contribution >= 0.6 is 0 Å². The second-order valence-electron chi connectivity index (χ2n) is 7.35. The number of hydrogen-bond donors (Lipinski definition) is 1. The molecule has 0 saturated heterocycles. The minimum absolute atomic E-state index is 0.148. The number of aromatic nitrogens is 3. The van der Waals surface area contributed by atoms with Crippen LogP contribution in [0.1, 0.15) is 32.9 Å². The second-order valence-corrected chi connectivity index (χ2v) is 7.35. The van der Waals surface area contributed by atoms with E-state index in [0.717, 1.165) is 6.07 Å². The van der Waals surface area contributed by atoms with Crippen molar-refractivity contribution in [1.29, 1.82) is 0 Å². The van der Waals surface area contributed by atoms with E-state index in [9.17, 15) is 31.1 Å². The zero-order valence-corrected chi connectivity index (χ0v) is 16.7. The van der Waals surface area contributed by atoms with Gasteiger partial charge in [-0.1, -0.05) is 0 Å². The highest BCUT2D eigenvalue weighted by Crippen LogP contribution is 2.32. The van der Waals surface area contributed by atoms with Crippen LogP contribution in [0.4, 0.5) is 32.2 Å². The lowest BCUT2D eigenvalue weighted by molar-refractivity contribution is -0.141. The van der Waals surface area contributed by atoms with Crippen molar-refractivity contribution in [2.45, 2.75) is 32.1 Å². The van der Waals surface area contributed by atoms with Gasteiger partial charge in [0.25, 0.3) is 5.91 Å². The molecule has 174 valence electrons. The number of carbonyl (C=O) groups is 1. The average Bonchev–Trinajstić information content (AvgIpc) is 3.22. The highest BCUT2D eigenvalue weighted by Gasteiger charge is 2.35. The molecule has 1 aliphatic heterocycles. The molecular formula is C20H15F6N5O2. The molecule has 0 aromatic carbocycles. The lowest BCUT2D eigenvalue weighted by atomic mass is 10.1. The fourth-order valence-corrected chi connectivity index (χ4v) is 3.45. The van der Waals surface area contributed by atoms with E-state index in [0.29, 0.717) is 39.2 Å². The number of fused-ring (bicyclic) bond motifs is 3. The number of anilines is 1. The molecule has 7 nitrogen and oxygen atoms in total. The summed E-state index contributed by atoms with van der Waals surface area (Å²) in [5.41, 5.74) is 6.03. The monoisotopic (exact) mass is 471 g/mol. The number of pyridine rings is 3. The summed E-state index contributed by atoms with van der Waals surface area (Å²) in [5, 5.41) is 0.467. The van der Waals surface area contributed by atoms with Gasteiger partial charge in [0.05, 0.1) is 42.7 Å². The molecule has 0 saturated carbocycles. The van der Waals surface area contributed by atoms with Crippen LogP contribution in [0.25, 0.3) is 10.9 Å². The molecule has 4 heterocycles. The lowest BCUT2D eigenvalue weighted by Crippen LogP contribution is -2.39. The Bertz CT molecular complexity index is 1210. The number of ether oxygens (including phenoxy) is 1. The molecule has 0 unspecified atom stereocenters. The van der Waals surface area contributed by atoms with Crippen LogP contribution < -0.4 is 5.73 Å². The largest absolute Gasteiger partial charge is 0.417 e. The van der Waals surface area contributed by atoms with E-state index >= 15 is 0 Å². The van der Waals surface area contributed by atoms with E-state index in [-0.39, 0.29) is 30.4 Å². The van der Waals surface area contributed by atoms with Gasteiger partial charge >= 0.3 is 12.4 Å². The van der Waals surface area contributed by atoms with Crippen molar-refractivity contribution in [2.75, 3.05) is 12.3 Å². The fourth-order valence-electron chi connectivity index (χ4n) is 3.45. The maximum absolute atomic E-state index is 13.2. The molecular weight excluding hydrogens is 456 g/mol. The maximum Gasteiger partial charge on any atom is 0.417 e. The molecule has 0 aliphatic carbocycles. The lowest BCUT2D eigenvalue weighted by Gasteiger charge is -2.23. The van der Waals surface area contributed by atoms with Gasteiger partial charge in [0.1, 0.15) is 18.1 Å². The third kappa shape index (κ3) is 4.82. The van der Waals surface area contributed by atoms with Gasteiger partial charge in [-0.05, 0) is 23.8 Å². The molecule has 4 rings (SSSR count). The van der Waals surface area contributed by atoms with E-state index in [4.69, 9.17) is 10.5 Å². The molecule has 1 aliphatic rings. The molecule has 3 aromatic heterocycles. The molecule has 3 aromatic rings. The number of hydrogen-bond acceptors (Lipinski definition) is 6. The number of halogens is 6. The number of nitrogens with two attached hydrogens (primary N) is 1. The van der Waals surface area contributed by atoms with Crippen LogP contribution in [0.2, 0.25) is 0 Å². The Kier molecular flexibility index (Phi) is 5.60. The van der Waals surface area contributed by atoms with Gasteiger partial charge in [-0.15, -0.1) is 0 Å². The molecule has 2 N–H and O–H groups in total. The van der Waals surface area contributed by atoms with Crippen molar-refractivity contribution in [1.82, 2.24) is 19.9 Å². The third-order valence-electron chi connectivity index (χ3n) is 5.00. The Hall–Kier alpha value is -3.48. The molecule has 13 heteroatoms. The van der Waals surface area contributed by atoms with Gasteiger partial charge in [0, 0.05) is 17.1 Å². The van der Waals surface area contributed by atoms with E-state index in [2.05, 4.69) is 15.0 Å². The van der Waals surface area contributed by atoms with E-state index < -0.39 is 36.9 Å².